The minimum absolute atomic E-state index is 0.0819. The summed E-state index contributed by atoms with van der Waals surface area (Å²) in [6.45, 7) is 13.8. The number of rotatable bonds is 22. The molecule has 0 amide bonds. The summed E-state index contributed by atoms with van der Waals surface area (Å²) < 4.78 is 32.5. The highest BCUT2D eigenvalue weighted by Crippen LogP contribution is 2.33. The zero-order valence-corrected chi connectivity index (χ0v) is 33.9. The highest BCUT2D eigenvalue weighted by molar-refractivity contribution is 5.92. The minimum atomic E-state index is -1.07. The molecule has 0 saturated carbocycles. The lowest BCUT2D eigenvalue weighted by molar-refractivity contribution is -0.139. The van der Waals surface area contributed by atoms with Gasteiger partial charge in [0, 0.05) is 29.4 Å². The van der Waals surface area contributed by atoms with Crippen LogP contribution in [0.3, 0.4) is 0 Å². The summed E-state index contributed by atoms with van der Waals surface area (Å²) in [7, 11) is 0. The van der Waals surface area contributed by atoms with E-state index >= 15 is 0 Å². The molecule has 59 heavy (non-hydrogen) atoms. The number of carbonyl (C=O) groups is 4. The SMILES string of the molecule is C=C(C)C(=O)OCCc1ccccc1C(=O)OCC(O)COc1ccc(C(C)(C)c2ccc(OCC(O)COC(=O)c3ccccc3CCOC(=O)C(=C)C)cc2)cc1. The van der Waals surface area contributed by atoms with E-state index in [9.17, 15) is 29.4 Å². The molecule has 0 saturated heterocycles. The van der Waals surface area contributed by atoms with Gasteiger partial charge in [-0.05, 0) is 72.5 Å². The molecule has 0 heterocycles. The van der Waals surface area contributed by atoms with Gasteiger partial charge in [-0.15, -0.1) is 0 Å². The van der Waals surface area contributed by atoms with Crippen molar-refractivity contribution in [3.8, 4) is 11.5 Å². The fourth-order valence-electron chi connectivity index (χ4n) is 5.71. The van der Waals surface area contributed by atoms with Crippen LogP contribution < -0.4 is 9.47 Å². The number of carbonyl (C=O) groups excluding carboxylic acids is 4. The maximum atomic E-state index is 12.8. The van der Waals surface area contributed by atoms with Gasteiger partial charge < -0.3 is 38.6 Å². The number of hydrogen-bond donors (Lipinski definition) is 2. The zero-order valence-electron chi connectivity index (χ0n) is 33.9. The summed E-state index contributed by atoms with van der Waals surface area (Å²) in [5.74, 6) is -1.15. The largest absolute Gasteiger partial charge is 0.491 e. The van der Waals surface area contributed by atoms with Gasteiger partial charge in [0.2, 0.25) is 0 Å². The molecule has 2 unspecified atom stereocenters. The van der Waals surface area contributed by atoms with Crippen molar-refractivity contribution in [1.82, 2.24) is 0 Å². The Morgan fingerprint density at radius 2 is 0.898 bits per heavy atom. The molecule has 12 heteroatoms. The van der Waals surface area contributed by atoms with Crippen molar-refractivity contribution < 1.29 is 57.8 Å². The molecule has 12 nitrogen and oxygen atoms in total. The molecule has 4 aromatic carbocycles. The Balaban J connectivity index is 1.20. The minimum Gasteiger partial charge on any atom is -0.491 e. The number of aliphatic hydroxyl groups is 2. The van der Waals surface area contributed by atoms with E-state index in [0.717, 1.165) is 11.1 Å². The van der Waals surface area contributed by atoms with Gasteiger partial charge in [-0.2, -0.15) is 0 Å². The van der Waals surface area contributed by atoms with Crippen molar-refractivity contribution >= 4 is 23.9 Å². The third-order valence-electron chi connectivity index (χ3n) is 9.23. The first-order valence-electron chi connectivity index (χ1n) is 19.1. The maximum Gasteiger partial charge on any atom is 0.338 e. The van der Waals surface area contributed by atoms with E-state index in [2.05, 4.69) is 27.0 Å². The number of ether oxygens (including phenoxy) is 6. The number of esters is 4. The second kappa shape index (κ2) is 22.1. The van der Waals surface area contributed by atoms with Crippen LogP contribution in [0.5, 0.6) is 11.5 Å². The van der Waals surface area contributed by atoms with Crippen molar-refractivity contribution in [1.29, 1.82) is 0 Å². The normalized spacial score (nSPS) is 12.0. The molecule has 4 rings (SSSR count). The molecule has 4 aromatic rings. The molecule has 0 aromatic heterocycles. The lowest BCUT2D eigenvalue weighted by Gasteiger charge is -2.26. The smallest absolute Gasteiger partial charge is 0.338 e. The van der Waals surface area contributed by atoms with Crippen LogP contribution in [-0.2, 0) is 46.8 Å². The van der Waals surface area contributed by atoms with Crippen molar-refractivity contribution in [3.63, 3.8) is 0 Å². The Bertz CT molecular complexity index is 1920. The average Bonchev–Trinajstić information content (AvgIpc) is 3.23. The fraction of sp³-hybridized carbons (Fsp3) is 0.319. The van der Waals surface area contributed by atoms with Gasteiger partial charge in [0.05, 0.1) is 24.3 Å². The average molecular weight is 809 g/mol. The van der Waals surface area contributed by atoms with E-state index in [-0.39, 0.29) is 39.6 Å². The molecule has 0 aliphatic rings. The topological polar surface area (TPSA) is 164 Å². The van der Waals surface area contributed by atoms with Crippen LogP contribution in [0.1, 0.15) is 70.7 Å². The van der Waals surface area contributed by atoms with Crippen molar-refractivity contribution in [3.05, 3.63) is 155 Å². The first-order chi connectivity index (χ1) is 28.1. The molecule has 0 fully saturated rings. The van der Waals surface area contributed by atoms with E-state index in [4.69, 9.17) is 28.4 Å². The Morgan fingerprint density at radius 3 is 1.25 bits per heavy atom. The Hall–Kier alpha value is -6.24. The van der Waals surface area contributed by atoms with Gasteiger partial charge in [0.1, 0.15) is 50.1 Å². The standard InChI is InChI=1S/C47H52O12/c1-31(2)43(50)54-25-23-33-11-7-9-13-41(33)45(52)58-29-37(48)27-56-39-19-15-35(16-20-39)47(5,6)36-17-21-40(22-18-36)57-28-38(49)30-59-46(53)42-14-10-8-12-34(42)24-26-55-44(51)32(3)4/h7-22,37-38,48-49H,1,3,23-30H2,2,4-6H3. The highest BCUT2D eigenvalue weighted by atomic mass is 16.6. The van der Waals surface area contributed by atoms with Crippen LogP contribution >= 0.6 is 0 Å². The predicted octanol–water partition coefficient (Wildman–Crippen LogP) is 6.53. The van der Waals surface area contributed by atoms with E-state index in [0.29, 0.717) is 57.7 Å². The second-order valence-corrected chi connectivity index (χ2v) is 14.4. The molecule has 0 aliphatic carbocycles. The molecular weight excluding hydrogens is 757 g/mol. The Kier molecular flexibility index (Phi) is 17.0. The van der Waals surface area contributed by atoms with Crippen LogP contribution in [0.25, 0.3) is 0 Å². The molecule has 0 bridgehead atoms. The molecule has 312 valence electrons. The summed E-state index contributed by atoms with van der Waals surface area (Å²) in [5.41, 5.74) is 4.13. The van der Waals surface area contributed by atoms with Crippen LogP contribution in [0.15, 0.2) is 121 Å². The van der Waals surface area contributed by atoms with Crippen LogP contribution in [-0.4, -0.2) is 85.9 Å². The van der Waals surface area contributed by atoms with Gasteiger partial charge in [-0.3, -0.25) is 0 Å². The van der Waals surface area contributed by atoms with E-state index < -0.39 is 41.5 Å². The molecule has 2 atom stereocenters. The number of benzene rings is 4. The summed E-state index contributed by atoms with van der Waals surface area (Å²) in [4.78, 5) is 48.9. The number of aliphatic hydroxyl groups excluding tert-OH is 2. The highest BCUT2D eigenvalue weighted by Gasteiger charge is 2.24. The van der Waals surface area contributed by atoms with Crippen LogP contribution in [0.4, 0.5) is 0 Å². The quantitative estimate of drug-likeness (QED) is 0.0502. The first-order valence-corrected chi connectivity index (χ1v) is 19.1. The molecular formula is C47H52O12. The molecule has 0 spiro atoms. The predicted molar refractivity (Wildman–Crippen MR) is 220 cm³/mol. The van der Waals surface area contributed by atoms with E-state index in [1.54, 1.807) is 86.6 Å². The van der Waals surface area contributed by atoms with Crippen molar-refractivity contribution in [2.75, 3.05) is 39.6 Å². The van der Waals surface area contributed by atoms with E-state index in [1.807, 2.05) is 24.3 Å². The zero-order chi connectivity index (χ0) is 43.0. The van der Waals surface area contributed by atoms with Gasteiger partial charge >= 0.3 is 23.9 Å². The Morgan fingerprint density at radius 1 is 0.542 bits per heavy atom. The van der Waals surface area contributed by atoms with Gasteiger partial charge in [-0.1, -0.05) is 87.7 Å². The van der Waals surface area contributed by atoms with Crippen molar-refractivity contribution in [2.24, 2.45) is 0 Å². The second-order valence-electron chi connectivity index (χ2n) is 14.4. The van der Waals surface area contributed by atoms with Crippen LogP contribution in [0.2, 0.25) is 0 Å². The fourth-order valence-corrected chi connectivity index (χ4v) is 5.71. The van der Waals surface area contributed by atoms with Crippen LogP contribution in [0, 0.1) is 0 Å². The summed E-state index contributed by atoms with van der Waals surface area (Å²) in [6, 6.07) is 28.6. The van der Waals surface area contributed by atoms with E-state index in [1.165, 1.54) is 0 Å². The van der Waals surface area contributed by atoms with Gasteiger partial charge in [-0.25, -0.2) is 19.2 Å². The maximum absolute atomic E-state index is 12.8. The summed E-state index contributed by atoms with van der Waals surface area (Å²) in [6.07, 6.45) is -1.52. The molecule has 2 N–H and O–H groups in total. The van der Waals surface area contributed by atoms with Gasteiger partial charge in [0.15, 0.2) is 0 Å². The Labute approximate surface area is 345 Å². The summed E-state index contributed by atoms with van der Waals surface area (Å²) in [5, 5.41) is 21.0. The van der Waals surface area contributed by atoms with Crippen molar-refractivity contribution in [2.45, 2.75) is 58.2 Å². The monoisotopic (exact) mass is 808 g/mol. The summed E-state index contributed by atoms with van der Waals surface area (Å²) >= 11 is 0. The molecule has 0 radical (unpaired) electrons. The lowest BCUT2D eigenvalue weighted by Crippen LogP contribution is -2.26. The number of hydrogen-bond acceptors (Lipinski definition) is 12. The first kappa shape index (κ1) is 45.5. The molecule has 0 aliphatic heterocycles. The third kappa shape index (κ3) is 14.0. The van der Waals surface area contributed by atoms with Gasteiger partial charge in [0.25, 0.3) is 0 Å². The third-order valence-corrected chi connectivity index (χ3v) is 9.23. The lowest BCUT2D eigenvalue weighted by atomic mass is 9.78.